The summed E-state index contributed by atoms with van der Waals surface area (Å²) in [4.78, 5) is 9.92. The van der Waals surface area contributed by atoms with Gasteiger partial charge in [-0.2, -0.15) is 5.26 Å². The summed E-state index contributed by atoms with van der Waals surface area (Å²) in [6.07, 6.45) is 0. The molecule has 0 saturated carbocycles. The SMILES string of the molecule is N#Cc1cc(Br)cc(COC=O)c1. The third-order valence-electron chi connectivity index (χ3n) is 1.40. The Kier molecular flexibility index (Phi) is 3.47. The fraction of sp³-hybridized carbons (Fsp3) is 0.111. The molecule has 4 heteroatoms. The maximum atomic E-state index is 9.92. The Bertz CT molecular complexity index is 357. The topological polar surface area (TPSA) is 50.1 Å². The minimum Gasteiger partial charge on any atom is -0.463 e. The van der Waals surface area contributed by atoms with E-state index < -0.39 is 0 Å². The Morgan fingerprint density at radius 2 is 2.31 bits per heavy atom. The number of carbonyl (C=O) groups excluding carboxylic acids is 1. The fourth-order valence-corrected chi connectivity index (χ4v) is 1.47. The van der Waals surface area contributed by atoms with Crippen molar-refractivity contribution in [3.05, 3.63) is 33.8 Å². The highest BCUT2D eigenvalue weighted by molar-refractivity contribution is 9.10. The van der Waals surface area contributed by atoms with Gasteiger partial charge in [0.05, 0.1) is 11.6 Å². The molecule has 0 aliphatic carbocycles. The number of ether oxygens (including phenoxy) is 1. The molecule has 1 aromatic carbocycles. The maximum Gasteiger partial charge on any atom is 0.293 e. The molecule has 0 fully saturated rings. The lowest BCUT2D eigenvalue weighted by Gasteiger charge is -2.00. The number of hydrogen-bond acceptors (Lipinski definition) is 3. The summed E-state index contributed by atoms with van der Waals surface area (Å²) in [6, 6.07) is 7.18. The number of carbonyl (C=O) groups is 1. The number of hydrogen-bond donors (Lipinski definition) is 0. The minimum absolute atomic E-state index is 0.192. The summed E-state index contributed by atoms with van der Waals surface area (Å²) < 4.78 is 5.37. The second-order valence-electron chi connectivity index (χ2n) is 2.37. The van der Waals surface area contributed by atoms with Crippen LogP contribution in [0.2, 0.25) is 0 Å². The van der Waals surface area contributed by atoms with E-state index in [0.717, 1.165) is 10.0 Å². The third kappa shape index (κ3) is 2.88. The molecule has 1 rings (SSSR count). The lowest BCUT2D eigenvalue weighted by molar-refractivity contribution is -0.129. The van der Waals surface area contributed by atoms with E-state index in [-0.39, 0.29) is 6.61 Å². The lowest BCUT2D eigenvalue weighted by Crippen LogP contribution is -1.91. The van der Waals surface area contributed by atoms with E-state index in [1.807, 2.05) is 6.07 Å². The van der Waals surface area contributed by atoms with E-state index in [9.17, 15) is 4.79 Å². The zero-order chi connectivity index (χ0) is 9.68. The van der Waals surface area contributed by atoms with Gasteiger partial charge in [0, 0.05) is 4.47 Å². The molecule has 0 aliphatic rings. The first-order valence-corrected chi connectivity index (χ1v) is 4.30. The first-order valence-electron chi connectivity index (χ1n) is 3.51. The van der Waals surface area contributed by atoms with Crippen molar-refractivity contribution in [1.82, 2.24) is 0 Å². The van der Waals surface area contributed by atoms with E-state index in [0.29, 0.717) is 12.0 Å². The monoisotopic (exact) mass is 239 g/mol. The van der Waals surface area contributed by atoms with Crippen LogP contribution in [0, 0.1) is 11.3 Å². The van der Waals surface area contributed by atoms with Gasteiger partial charge in [-0.25, -0.2) is 0 Å². The summed E-state index contributed by atoms with van der Waals surface area (Å²) in [6.45, 7) is 0.574. The summed E-state index contributed by atoms with van der Waals surface area (Å²) in [5, 5.41) is 8.63. The van der Waals surface area contributed by atoms with Crippen molar-refractivity contribution in [3.63, 3.8) is 0 Å². The normalized spacial score (nSPS) is 8.92. The largest absolute Gasteiger partial charge is 0.463 e. The molecule has 0 N–H and O–H groups in total. The van der Waals surface area contributed by atoms with Crippen LogP contribution in [0.3, 0.4) is 0 Å². The van der Waals surface area contributed by atoms with Crippen LogP contribution in [0.4, 0.5) is 0 Å². The molecule has 13 heavy (non-hydrogen) atoms. The van der Waals surface area contributed by atoms with E-state index >= 15 is 0 Å². The molecule has 0 heterocycles. The molecule has 66 valence electrons. The van der Waals surface area contributed by atoms with Crippen LogP contribution in [0.5, 0.6) is 0 Å². The smallest absolute Gasteiger partial charge is 0.293 e. The van der Waals surface area contributed by atoms with Gasteiger partial charge in [0.1, 0.15) is 6.61 Å². The first kappa shape index (κ1) is 9.75. The molecular formula is C9H6BrNO2. The summed E-state index contributed by atoms with van der Waals surface area (Å²) in [5.74, 6) is 0. The van der Waals surface area contributed by atoms with Crippen LogP contribution in [0.25, 0.3) is 0 Å². The number of benzene rings is 1. The van der Waals surface area contributed by atoms with Gasteiger partial charge in [-0.1, -0.05) is 15.9 Å². The van der Waals surface area contributed by atoms with Crippen LogP contribution in [0.1, 0.15) is 11.1 Å². The molecule has 3 nitrogen and oxygen atoms in total. The van der Waals surface area contributed by atoms with Crippen molar-refractivity contribution >= 4 is 22.4 Å². The van der Waals surface area contributed by atoms with Gasteiger partial charge in [-0.15, -0.1) is 0 Å². The number of halogens is 1. The molecule has 0 radical (unpaired) electrons. The minimum atomic E-state index is 0.192. The van der Waals surface area contributed by atoms with Crippen molar-refractivity contribution in [2.45, 2.75) is 6.61 Å². The lowest BCUT2D eigenvalue weighted by atomic mass is 10.1. The van der Waals surface area contributed by atoms with Crippen LogP contribution >= 0.6 is 15.9 Å². The number of nitrogens with zero attached hydrogens (tertiary/aromatic N) is 1. The van der Waals surface area contributed by atoms with Crippen LogP contribution in [0.15, 0.2) is 22.7 Å². The molecule has 0 amide bonds. The van der Waals surface area contributed by atoms with Gasteiger partial charge in [-0.3, -0.25) is 4.79 Å². The quantitative estimate of drug-likeness (QED) is 0.759. The van der Waals surface area contributed by atoms with E-state index in [1.54, 1.807) is 18.2 Å². The van der Waals surface area contributed by atoms with Gasteiger partial charge in [0.15, 0.2) is 0 Å². The molecule has 0 spiro atoms. The average Bonchev–Trinajstić information content (AvgIpc) is 2.14. The van der Waals surface area contributed by atoms with Gasteiger partial charge in [0.2, 0.25) is 0 Å². The van der Waals surface area contributed by atoms with E-state index in [1.165, 1.54) is 0 Å². The Labute approximate surface area is 84.1 Å². The standard InChI is InChI=1S/C9H6BrNO2/c10-9-2-7(4-11)1-8(3-9)5-13-6-12/h1-3,6H,5H2. The highest BCUT2D eigenvalue weighted by Crippen LogP contribution is 2.15. The summed E-state index contributed by atoms with van der Waals surface area (Å²) in [5.41, 5.74) is 1.33. The highest BCUT2D eigenvalue weighted by Gasteiger charge is 1.98. The van der Waals surface area contributed by atoms with Crippen molar-refractivity contribution in [3.8, 4) is 6.07 Å². The molecule has 1 aromatic rings. The van der Waals surface area contributed by atoms with Crippen molar-refractivity contribution in [2.75, 3.05) is 0 Å². The van der Waals surface area contributed by atoms with Crippen LogP contribution < -0.4 is 0 Å². The average molecular weight is 240 g/mol. The van der Waals surface area contributed by atoms with Gasteiger partial charge < -0.3 is 4.74 Å². The van der Waals surface area contributed by atoms with Crippen LogP contribution in [-0.4, -0.2) is 6.47 Å². The molecule has 0 bridgehead atoms. The Balaban J connectivity index is 2.89. The highest BCUT2D eigenvalue weighted by atomic mass is 79.9. The van der Waals surface area contributed by atoms with E-state index in [2.05, 4.69) is 20.7 Å². The van der Waals surface area contributed by atoms with Gasteiger partial charge >= 0.3 is 0 Å². The Morgan fingerprint density at radius 1 is 1.54 bits per heavy atom. The molecule has 0 aromatic heterocycles. The van der Waals surface area contributed by atoms with Gasteiger partial charge in [-0.05, 0) is 23.8 Å². The van der Waals surface area contributed by atoms with E-state index in [4.69, 9.17) is 5.26 Å². The molecular weight excluding hydrogens is 234 g/mol. The van der Waals surface area contributed by atoms with Crippen molar-refractivity contribution < 1.29 is 9.53 Å². The predicted octanol–water partition coefficient (Wildman–Crippen LogP) is 1.99. The molecule has 0 saturated heterocycles. The second-order valence-corrected chi connectivity index (χ2v) is 3.28. The number of rotatable bonds is 3. The molecule has 0 aliphatic heterocycles. The zero-order valence-corrected chi connectivity index (χ0v) is 8.24. The Hall–Kier alpha value is -1.34. The number of nitriles is 1. The predicted molar refractivity (Wildman–Crippen MR) is 49.7 cm³/mol. The fourth-order valence-electron chi connectivity index (χ4n) is 0.929. The molecule has 0 unspecified atom stereocenters. The second kappa shape index (κ2) is 4.63. The third-order valence-corrected chi connectivity index (χ3v) is 1.86. The van der Waals surface area contributed by atoms with Gasteiger partial charge in [0.25, 0.3) is 6.47 Å². The Morgan fingerprint density at radius 3 is 2.92 bits per heavy atom. The van der Waals surface area contributed by atoms with Crippen molar-refractivity contribution in [2.24, 2.45) is 0 Å². The first-order chi connectivity index (χ1) is 6.26. The van der Waals surface area contributed by atoms with Crippen molar-refractivity contribution in [1.29, 1.82) is 5.26 Å². The summed E-state index contributed by atoms with van der Waals surface area (Å²) >= 11 is 3.25. The summed E-state index contributed by atoms with van der Waals surface area (Å²) in [7, 11) is 0. The van der Waals surface area contributed by atoms with Crippen LogP contribution in [-0.2, 0) is 16.1 Å². The maximum absolute atomic E-state index is 9.92. The molecule has 0 atom stereocenters. The zero-order valence-electron chi connectivity index (χ0n) is 6.66.